The van der Waals surface area contributed by atoms with Crippen LogP contribution in [0.5, 0.6) is 0 Å². The number of nitrogens with zero attached hydrogens (tertiary/aromatic N) is 2. The predicted octanol–water partition coefficient (Wildman–Crippen LogP) is 1.37. The highest BCUT2D eigenvalue weighted by molar-refractivity contribution is 7.08. The van der Waals surface area contributed by atoms with Crippen molar-refractivity contribution in [2.24, 2.45) is 0 Å². The molecule has 1 fully saturated rings. The topological polar surface area (TPSA) is 60.9 Å². The van der Waals surface area contributed by atoms with E-state index in [1.165, 1.54) is 16.2 Å². The number of likely N-dealkylation sites (tertiary alicyclic amines) is 1. The van der Waals surface area contributed by atoms with Crippen molar-refractivity contribution in [1.29, 1.82) is 0 Å². The Labute approximate surface area is 116 Å². The van der Waals surface area contributed by atoms with E-state index in [0.717, 1.165) is 6.42 Å². The lowest BCUT2D eigenvalue weighted by atomic mass is 9.95. The van der Waals surface area contributed by atoms with Crippen molar-refractivity contribution in [2.45, 2.75) is 24.9 Å². The van der Waals surface area contributed by atoms with Gasteiger partial charge in [0.25, 0.3) is 5.91 Å². The minimum atomic E-state index is -0.921. The summed E-state index contributed by atoms with van der Waals surface area (Å²) in [6, 6.07) is 1.23. The monoisotopic (exact) mass is 282 g/mol. The molecule has 0 radical (unpaired) electrons. The number of hydrogen-bond acceptors (Lipinski definition) is 4. The Bertz CT molecular complexity index is 458. The van der Waals surface area contributed by atoms with Crippen molar-refractivity contribution in [1.82, 2.24) is 9.80 Å². The molecule has 1 amide bonds. The Morgan fingerprint density at radius 2 is 2.21 bits per heavy atom. The van der Waals surface area contributed by atoms with E-state index in [9.17, 15) is 14.7 Å². The van der Waals surface area contributed by atoms with E-state index in [-0.39, 0.29) is 11.9 Å². The summed E-state index contributed by atoms with van der Waals surface area (Å²) in [5.41, 5.74) is 0.583. The molecule has 1 N–H and O–H groups in total. The largest absolute Gasteiger partial charge is 0.480 e. The second-order valence-electron chi connectivity index (χ2n) is 5.01. The smallest absolute Gasteiger partial charge is 0.326 e. The van der Waals surface area contributed by atoms with Gasteiger partial charge in [-0.3, -0.25) is 4.79 Å². The second kappa shape index (κ2) is 5.71. The minimum Gasteiger partial charge on any atom is -0.480 e. The zero-order valence-corrected chi connectivity index (χ0v) is 11.9. The molecule has 1 saturated heterocycles. The normalized spacial score (nSPS) is 23.6. The van der Waals surface area contributed by atoms with E-state index in [0.29, 0.717) is 18.5 Å². The van der Waals surface area contributed by atoms with Gasteiger partial charge < -0.3 is 14.9 Å². The van der Waals surface area contributed by atoms with Crippen LogP contribution in [-0.4, -0.2) is 59.5 Å². The number of amides is 1. The molecule has 0 spiro atoms. The fourth-order valence-corrected chi connectivity index (χ4v) is 3.07. The second-order valence-corrected chi connectivity index (χ2v) is 5.79. The summed E-state index contributed by atoms with van der Waals surface area (Å²) in [5.74, 6) is -1.10. The van der Waals surface area contributed by atoms with Crippen molar-refractivity contribution in [2.75, 3.05) is 20.6 Å². The summed E-state index contributed by atoms with van der Waals surface area (Å²) < 4.78 is 0. The maximum Gasteiger partial charge on any atom is 0.326 e. The van der Waals surface area contributed by atoms with E-state index in [1.807, 2.05) is 24.4 Å². The Hall–Kier alpha value is -1.40. The van der Waals surface area contributed by atoms with Gasteiger partial charge >= 0.3 is 5.97 Å². The minimum absolute atomic E-state index is 0.175. The van der Waals surface area contributed by atoms with Crippen molar-refractivity contribution < 1.29 is 14.7 Å². The lowest BCUT2D eigenvalue weighted by Crippen LogP contribution is -2.53. The van der Waals surface area contributed by atoms with Crippen LogP contribution in [0.25, 0.3) is 0 Å². The number of carbonyl (C=O) groups is 2. The van der Waals surface area contributed by atoms with Gasteiger partial charge in [0.15, 0.2) is 0 Å². The standard InChI is InChI=1S/C13H18N2O3S/c1-14(2)10-3-5-15(11(7-10)13(17)18)12(16)9-4-6-19-8-9/h4,6,8,10-11H,3,5,7H2,1-2H3,(H,17,18). The SMILES string of the molecule is CN(C)C1CCN(C(=O)c2ccsc2)C(C(=O)O)C1. The third-order valence-electron chi connectivity index (χ3n) is 3.62. The predicted molar refractivity (Wildman–Crippen MR) is 73.5 cm³/mol. The summed E-state index contributed by atoms with van der Waals surface area (Å²) in [7, 11) is 3.89. The van der Waals surface area contributed by atoms with Crippen LogP contribution < -0.4 is 0 Å². The number of rotatable bonds is 3. The van der Waals surface area contributed by atoms with Gasteiger partial charge in [-0.05, 0) is 38.4 Å². The molecule has 0 saturated carbocycles. The number of aliphatic carboxylic acids is 1. The lowest BCUT2D eigenvalue weighted by Gasteiger charge is -2.39. The summed E-state index contributed by atoms with van der Waals surface area (Å²) in [6.45, 7) is 0.495. The molecule has 1 aliphatic heterocycles. The maximum absolute atomic E-state index is 12.3. The van der Waals surface area contributed by atoms with Crippen LogP contribution in [-0.2, 0) is 4.79 Å². The van der Waals surface area contributed by atoms with Crippen LogP contribution in [0.15, 0.2) is 16.8 Å². The van der Waals surface area contributed by atoms with Crippen molar-refractivity contribution in [3.63, 3.8) is 0 Å². The van der Waals surface area contributed by atoms with Gasteiger partial charge in [-0.2, -0.15) is 11.3 Å². The van der Waals surface area contributed by atoms with Crippen molar-refractivity contribution >= 4 is 23.2 Å². The maximum atomic E-state index is 12.3. The van der Waals surface area contributed by atoms with Gasteiger partial charge in [0.2, 0.25) is 0 Å². The Kier molecular flexibility index (Phi) is 4.21. The molecule has 1 aliphatic rings. The summed E-state index contributed by atoms with van der Waals surface area (Å²) >= 11 is 1.44. The van der Waals surface area contributed by atoms with Gasteiger partial charge in [0.1, 0.15) is 6.04 Å². The number of piperidine rings is 1. The van der Waals surface area contributed by atoms with Crippen LogP contribution in [0.2, 0.25) is 0 Å². The highest BCUT2D eigenvalue weighted by Gasteiger charge is 2.37. The summed E-state index contributed by atoms with van der Waals surface area (Å²) in [4.78, 5) is 27.2. The van der Waals surface area contributed by atoms with Gasteiger partial charge in [-0.1, -0.05) is 0 Å². The van der Waals surface area contributed by atoms with Gasteiger partial charge in [0, 0.05) is 18.0 Å². The molecule has 104 valence electrons. The first-order valence-corrected chi connectivity index (χ1v) is 7.17. The molecule has 2 heterocycles. The highest BCUT2D eigenvalue weighted by atomic mass is 32.1. The van der Waals surface area contributed by atoms with E-state index in [2.05, 4.69) is 0 Å². The average molecular weight is 282 g/mol. The Morgan fingerprint density at radius 1 is 1.47 bits per heavy atom. The van der Waals surface area contributed by atoms with Gasteiger partial charge in [-0.15, -0.1) is 0 Å². The quantitative estimate of drug-likeness (QED) is 0.909. The number of carboxylic acids is 1. The van der Waals surface area contributed by atoms with Crippen LogP contribution in [0.1, 0.15) is 23.2 Å². The van der Waals surface area contributed by atoms with E-state index in [4.69, 9.17) is 0 Å². The molecular formula is C13H18N2O3S. The first-order chi connectivity index (χ1) is 9.00. The summed E-state index contributed by atoms with van der Waals surface area (Å²) in [5, 5.41) is 12.9. The molecule has 2 atom stereocenters. The van der Waals surface area contributed by atoms with Crippen LogP contribution in [0.4, 0.5) is 0 Å². The zero-order chi connectivity index (χ0) is 14.0. The molecule has 0 bridgehead atoms. The fraction of sp³-hybridized carbons (Fsp3) is 0.538. The van der Waals surface area contributed by atoms with E-state index >= 15 is 0 Å². The Balaban J connectivity index is 2.16. The number of thiophene rings is 1. The first kappa shape index (κ1) is 14.0. The third-order valence-corrected chi connectivity index (χ3v) is 4.30. The molecule has 0 aliphatic carbocycles. The van der Waals surface area contributed by atoms with E-state index < -0.39 is 12.0 Å². The molecule has 1 aromatic heterocycles. The Morgan fingerprint density at radius 3 is 2.74 bits per heavy atom. The lowest BCUT2D eigenvalue weighted by molar-refractivity contribution is -0.144. The third kappa shape index (κ3) is 2.96. The summed E-state index contributed by atoms with van der Waals surface area (Å²) in [6.07, 6.45) is 1.30. The highest BCUT2D eigenvalue weighted by Crippen LogP contribution is 2.23. The molecule has 1 aromatic rings. The molecule has 6 heteroatoms. The number of carboxylic acid groups (broad SMARTS) is 1. The number of hydrogen-bond donors (Lipinski definition) is 1. The van der Waals surface area contributed by atoms with Crippen molar-refractivity contribution in [3.8, 4) is 0 Å². The first-order valence-electron chi connectivity index (χ1n) is 6.23. The van der Waals surface area contributed by atoms with Gasteiger partial charge in [-0.25, -0.2) is 4.79 Å². The van der Waals surface area contributed by atoms with Crippen molar-refractivity contribution in [3.05, 3.63) is 22.4 Å². The zero-order valence-electron chi connectivity index (χ0n) is 11.1. The van der Waals surface area contributed by atoms with Gasteiger partial charge in [0.05, 0.1) is 5.56 Å². The van der Waals surface area contributed by atoms with Crippen LogP contribution in [0.3, 0.4) is 0 Å². The molecule has 0 aromatic carbocycles. The molecule has 5 nitrogen and oxygen atoms in total. The average Bonchev–Trinajstić information content (AvgIpc) is 2.90. The molecule has 2 rings (SSSR count). The number of carbonyl (C=O) groups excluding carboxylic acids is 1. The molecule has 2 unspecified atom stereocenters. The van der Waals surface area contributed by atoms with E-state index in [1.54, 1.807) is 11.4 Å². The fourth-order valence-electron chi connectivity index (χ4n) is 2.44. The molecular weight excluding hydrogens is 264 g/mol. The van der Waals surface area contributed by atoms with Crippen LogP contribution in [0, 0.1) is 0 Å². The molecule has 19 heavy (non-hydrogen) atoms. The van der Waals surface area contributed by atoms with Crippen LogP contribution >= 0.6 is 11.3 Å².